The number of halogens is 5. The van der Waals surface area contributed by atoms with Crippen LogP contribution in [0.2, 0.25) is 5.02 Å². The number of nitrogens with zero attached hydrogens (tertiary/aromatic N) is 4. The van der Waals surface area contributed by atoms with E-state index in [0.717, 1.165) is 19.3 Å². The maximum absolute atomic E-state index is 16.8. The number of hydrogen-bond donors (Lipinski definition) is 2. The van der Waals surface area contributed by atoms with Crippen molar-refractivity contribution in [3.05, 3.63) is 53.1 Å². The van der Waals surface area contributed by atoms with Crippen molar-refractivity contribution in [2.45, 2.75) is 68.5 Å². The van der Waals surface area contributed by atoms with Gasteiger partial charge in [-0.05, 0) is 68.8 Å². The first kappa shape index (κ1) is 30.0. The number of aromatic hydroxyl groups is 1. The lowest BCUT2D eigenvalue weighted by molar-refractivity contribution is -0.112. The zero-order valence-electron chi connectivity index (χ0n) is 25.4. The second-order valence-electron chi connectivity index (χ2n) is 13.8. The molecule has 46 heavy (non-hydrogen) atoms. The quantitative estimate of drug-likeness (QED) is 0.223. The lowest BCUT2D eigenvalue weighted by atomic mass is 9.85. The van der Waals surface area contributed by atoms with Crippen LogP contribution in [-0.4, -0.2) is 75.8 Å². The number of fused-ring (bicyclic) bond motifs is 5. The van der Waals surface area contributed by atoms with Gasteiger partial charge in [0.05, 0.1) is 11.1 Å². The Balaban J connectivity index is 1.28. The molecule has 3 aromatic carbocycles. The third-order valence-electron chi connectivity index (χ3n) is 10.4. The van der Waals surface area contributed by atoms with Gasteiger partial charge >= 0.3 is 6.01 Å². The number of aromatic nitrogens is 2. The molecule has 2 bridgehead atoms. The Labute approximate surface area is 268 Å². The Morgan fingerprint density at radius 3 is 2.78 bits per heavy atom. The summed E-state index contributed by atoms with van der Waals surface area (Å²) in [6.45, 7) is 4.16. The average molecular weight is 656 g/mol. The van der Waals surface area contributed by atoms with Crippen molar-refractivity contribution < 1.29 is 27.4 Å². The molecule has 5 heterocycles. The Morgan fingerprint density at radius 1 is 1.11 bits per heavy atom. The monoisotopic (exact) mass is 655 g/mol. The van der Waals surface area contributed by atoms with Gasteiger partial charge in [0.2, 0.25) is 0 Å². The van der Waals surface area contributed by atoms with Crippen LogP contribution in [0.4, 0.5) is 23.4 Å². The summed E-state index contributed by atoms with van der Waals surface area (Å²) in [4.78, 5) is 13.3. The number of rotatable bonds is 5. The van der Waals surface area contributed by atoms with E-state index < -0.39 is 28.7 Å². The zero-order valence-corrected chi connectivity index (χ0v) is 26.1. The maximum Gasteiger partial charge on any atom is 0.319 e. The molecule has 3 atom stereocenters. The van der Waals surface area contributed by atoms with E-state index in [4.69, 9.17) is 21.3 Å². The van der Waals surface area contributed by atoms with Gasteiger partial charge in [0.15, 0.2) is 5.82 Å². The van der Waals surface area contributed by atoms with Gasteiger partial charge in [-0.15, -0.1) is 0 Å². The molecule has 4 saturated heterocycles. The summed E-state index contributed by atoms with van der Waals surface area (Å²) < 4.78 is 68.5. The maximum atomic E-state index is 16.8. The number of phenolic OH excluding ortho intramolecular Hbond substituents is 1. The lowest BCUT2D eigenvalue weighted by Crippen LogP contribution is -2.58. The highest BCUT2D eigenvalue weighted by molar-refractivity contribution is 6.36. The fourth-order valence-electron chi connectivity index (χ4n) is 8.41. The molecular weight excluding hydrogens is 622 g/mol. The van der Waals surface area contributed by atoms with E-state index in [1.807, 2.05) is 4.90 Å². The van der Waals surface area contributed by atoms with Crippen LogP contribution in [0.25, 0.3) is 32.8 Å². The minimum Gasteiger partial charge on any atom is -0.508 e. The molecule has 4 aliphatic heterocycles. The third-order valence-corrected chi connectivity index (χ3v) is 10.8. The Morgan fingerprint density at radius 2 is 1.96 bits per heavy atom. The Hall–Kier alpha value is -3.41. The molecule has 7 nitrogen and oxygen atoms in total. The normalized spacial score (nSPS) is 27.4. The molecular formula is C34H34ClF4N5O2. The van der Waals surface area contributed by atoms with Crippen molar-refractivity contribution in [2.24, 2.45) is 0 Å². The van der Waals surface area contributed by atoms with E-state index >= 15 is 8.78 Å². The smallest absolute Gasteiger partial charge is 0.319 e. The highest BCUT2D eigenvalue weighted by Crippen LogP contribution is 2.46. The molecule has 8 rings (SSSR count). The van der Waals surface area contributed by atoms with Crippen LogP contribution < -0.4 is 15.0 Å². The number of alkyl halides is 2. The van der Waals surface area contributed by atoms with Gasteiger partial charge in [-0.2, -0.15) is 9.97 Å². The summed E-state index contributed by atoms with van der Waals surface area (Å²) in [6.07, 6.45) is 2.72. The minimum absolute atomic E-state index is 0.0715. The topological polar surface area (TPSA) is 73.8 Å². The van der Waals surface area contributed by atoms with E-state index in [-0.39, 0.29) is 70.8 Å². The number of benzene rings is 3. The van der Waals surface area contributed by atoms with Crippen molar-refractivity contribution in [2.75, 3.05) is 37.7 Å². The van der Waals surface area contributed by atoms with Crippen LogP contribution in [-0.2, 0) is 0 Å². The molecule has 0 saturated carbocycles. The molecule has 242 valence electrons. The molecule has 4 aliphatic rings. The van der Waals surface area contributed by atoms with E-state index in [1.54, 1.807) is 18.2 Å². The predicted octanol–water partition coefficient (Wildman–Crippen LogP) is 7.06. The lowest BCUT2D eigenvalue weighted by Gasteiger charge is -2.44. The van der Waals surface area contributed by atoms with Gasteiger partial charge in [-0.1, -0.05) is 23.7 Å². The predicted molar refractivity (Wildman–Crippen MR) is 169 cm³/mol. The molecule has 0 radical (unpaired) electrons. The molecule has 2 N–H and O–H groups in total. The number of piperazine rings is 1. The van der Waals surface area contributed by atoms with Gasteiger partial charge in [-0.25, -0.2) is 17.6 Å². The first-order valence-electron chi connectivity index (χ1n) is 15.8. The van der Waals surface area contributed by atoms with Crippen LogP contribution in [0.3, 0.4) is 0 Å². The number of piperidine rings is 1. The summed E-state index contributed by atoms with van der Waals surface area (Å²) >= 11 is 6.52. The first-order chi connectivity index (χ1) is 21.9. The summed E-state index contributed by atoms with van der Waals surface area (Å²) in [6, 6.07) is 9.03. The van der Waals surface area contributed by atoms with E-state index in [1.165, 1.54) is 18.2 Å². The summed E-state index contributed by atoms with van der Waals surface area (Å²) in [5.41, 5.74) is -1.54. The number of anilines is 1. The zero-order chi connectivity index (χ0) is 32.0. The van der Waals surface area contributed by atoms with E-state index in [0.29, 0.717) is 42.6 Å². The van der Waals surface area contributed by atoms with Crippen molar-refractivity contribution >= 4 is 39.1 Å². The molecule has 4 fully saturated rings. The minimum atomic E-state index is -2.81. The first-order valence-corrected chi connectivity index (χ1v) is 16.2. The van der Waals surface area contributed by atoms with Crippen LogP contribution >= 0.6 is 11.6 Å². The number of nitrogens with one attached hydrogen (secondary N) is 1. The van der Waals surface area contributed by atoms with E-state index in [9.17, 15) is 13.9 Å². The van der Waals surface area contributed by atoms with E-state index in [2.05, 4.69) is 22.1 Å². The van der Waals surface area contributed by atoms with Gasteiger partial charge in [0.1, 0.15) is 29.5 Å². The molecule has 1 aromatic heterocycles. The van der Waals surface area contributed by atoms with Gasteiger partial charge in [0, 0.05) is 65.4 Å². The SMILES string of the molecule is C[C@]12CC[C@H](CN(c3nc(OCC45CCCN4CCC(F)(F)C5)nc4c(F)c(-c5cc(O)cc6cccc(Cl)c56)c(F)cc34)C1)N2. The second-order valence-corrected chi connectivity index (χ2v) is 14.2. The number of ether oxygens (including phenoxy) is 1. The molecule has 12 heteroatoms. The fourth-order valence-corrected chi connectivity index (χ4v) is 8.69. The van der Waals surface area contributed by atoms with Crippen molar-refractivity contribution in [1.29, 1.82) is 0 Å². The Bertz CT molecular complexity index is 1890. The third kappa shape index (κ3) is 4.93. The van der Waals surface area contributed by atoms with Crippen LogP contribution in [0.15, 0.2) is 36.4 Å². The van der Waals surface area contributed by atoms with Gasteiger partial charge < -0.3 is 20.1 Å². The molecule has 0 amide bonds. The number of phenols is 1. The molecule has 0 spiro atoms. The van der Waals surface area contributed by atoms with Crippen LogP contribution in [0, 0.1) is 11.6 Å². The van der Waals surface area contributed by atoms with Gasteiger partial charge in [-0.3, -0.25) is 4.90 Å². The number of hydrogen-bond acceptors (Lipinski definition) is 7. The molecule has 0 aliphatic carbocycles. The highest BCUT2D eigenvalue weighted by atomic mass is 35.5. The van der Waals surface area contributed by atoms with Gasteiger partial charge in [0.25, 0.3) is 5.92 Å². The molecule has 1 unspecified atom stereocenters. The largest absolute Gasteiger partial charge is 0.508 e. The second kappa shape index (κ2) is 10.6. The summed E-state index contributed by atoms with van der Waals surface area (Å²) in [7, 11) is 0. The average Bonchev–Trinajstić information content (AvgIpc) is 3.53. The Kier molecular flexibility index (Phi) is 6.87. The van der Waals surface area contributed by atoms with Crippen molar-refractivity contribution in [3.8, 4) is 22.9 Å². The van der Waals surface area contributed by atoms with Crippen molar-refractivity contribution in [1.82, 2.24) is 20.2 Å². The summed E-state index contributed by atoms with van der Waals surface area (Å²) in [5.74, 6) is -4.46. The summed E-state index contributed by atoms with van der Waals surface area (Å²) in [5, 5.41) is 15.5. The molecule has 4 aromatic rings. The highest BCUT2D eigenvalue weighted by Gasteiger charge is 2.53. The standard InChI is InChI=1S/C34H34ClF4N5O2/c1-32-8-6-20(42-32)15-43(17-32)30-23-14-25(36)27(22-13-21(45)12-19-4-2-5-24(35)26(19)22)28(37)29(23)40-31(41-30)46-18-33-7-3-10-44(33)11-9-34(38,39)16-33/h2,4-5,12-14,20,42,45H,3,6-11,15-18H2,1H3/t20-,32+,33?/m1/s1. The van der Waals surface area contributed by atoms with Crippen LogP contribution in [0.1, 0.15) is 45.4 Å². The van der Waals surface area contributed by atoms with Crippen LogP contribution in [0.5, 0.6) is 11.8 Å². The fraction of sp³-hybridized carbons (Fsp3) is 0.471. The van der Waals surface area contributed by atoms with Crippen molar-refractivity contribution in [3.63, 3.8) is 0 Å².